The lowest BCUT2D eigenvalue weighted by Gasteiger charge is -2.10. The Morgan fingerprint density at radius 3 is 2.85 bits per heavy atom. The van der Waals surface area contributed by atoms with E-state index in [2.05, 4.69) is 11.1 Å². The molecule has 0 radical (unpaired) electrons. The molecular weight excluding hydrogens is 272 g/mol. The molecule has 20 heavy (non-hydrogen) atoms. The number of aryl methyl sites for hydroxylation is 1. The second-order valence-corrected chi connectivity index (χ2v) is 4.96. The van der Waals surface area contributed by atoms with Crippen molar-refractivity contribution >= 4 is 28.6 Å². The van der Waals surface area contributed by atoms with Crippen molar-refractivity contribution in [2.75, 3.05) is 5.73 Å². The summed E-state index contributed by atoms with van der Waals surface area (Å²) in [6.07, 6.45) is 0. The quantitative estimate of drug-likeness (QED) is 0.743. The van der Waals surface area contributed by atoms with Gasteiger partial charge in [0.2, 0.25) is 5.95 Å². The van der Waals surface area contributed by atoms with Crippen LogP contribution in [0.1, 0.15) is 11.1 Å². The molecule has 0 atom stereocenters. The van der Waals surface area contributed by atoms with Crippen molar-refractivity contribution < 1.29 is 0 Å². The van der Waals surface area contributed by atoms with Crippen LogP contribution in [0.3, 0.4) is 0 Å². The number of fused-ring (bicyclic) bond motifs is 1. The molecule has 0 saturated heterocycles. The van der Waals surface area contributed by atoms with Crippen molar-refractivity contribution in [3.63, 3.8) is 0 Å². The Balaban J connectivity index is 2.40. The maximum atomic E-state index is 9.14. The van der Waals surface area contributed by atoms with E-state index < -0.39 is 0 Å². The van der Waals surface area contributed by atoms with E-state index in [1.54, 1.807) is 6.07 Å². The summed E-state index contributed by atoms with van der Waals surface area (Å²) >= 11 is 6.07. The average Bonchev–Trinajstić information content (AvgIpc) is 2.77. The van der Waals surface area contributed by atoms with Gasteiger partial charge in [0.05, 0.1) is 16.8 Å². The molecule has 1 heterocycles. The molecule has 2 aromatic carbocycles. The molecule has 0 saturated carbocycles. The molecule has 0 aliphatic rings. The normalized spacial score (nSPS) is 10.7. The molecule has 3 aromatic rings. The predicted octanol–water partition coefficient (Wildman–Crippen LogP) is 3.44. The van der Waals surface area contributed by atoms with Gasteiger partial charge in [0, 0.05) is 5.02 Å². The van der Waals surface area contributed by atoms with Gasteiger partial charge in [0.15, 0.2) is 0 Å². The molecule has 0 spiro atoms. The van der Waals surface area contributed by atoms with Crippen molar-refractivity contribution in [3.8, 4) is 11.8 Å². The third-order valence-corrected chi connectivity index (χ3v) is 3.48. The zero-order valence-electron chi connectivity index (χ0n) is 10.8. The number of hydrogen-bond donors (Lipinski definition) is 1. The van der Waals surface area contributed by atoms with Gasteiger partial charge >= 0.3 is 0 Å². The van der Waals surface area contributed by atoms with Crippen molar-refractivity contribution in [1.29, 1.82) is 5.26 Å². The van der Waals surface area contributed by atoms with Crippen LogP contribution in [0.15, 0.2) is 36.4 Å². The Hall–Kier alpha value is -2.51. The Bertz CT molecular complexity index is 858. The van der Waals surface area contributed by atoms with E-state index in [0.717, 1.165) is 16.8 Å². The number of nitriles is 1. The van der Waals surface area contributed by atoms with Crippen molar-refractivity contribution in [2.24, 2.45) is 0 Å². The Kier molecular flexibility index (Phi) is 2.85. The van der Waals surface area contributed by atoms with E-state index in [-0.39, 0.29) is 0 Å². The summed E-state index contributed by atoms with van der Waals surface area (Å²) in [7, 11) is 0. The van der Waals surface area contributed by atoms with Gasteiger partial charge in [-0.05, 0) is 36.8 Å². The fourth-order valence-corrected chi connectivity index (χ4v) is 2.45. The van der Waals surface area contributed by atoms with Crippen LogP contribution in [0.25, 0.3) is 16.7 Å². The van der Waals surface area contributed by atoms with Crippen LogP contribution in [-0.2, 0) is 0 Å². The lowest BCUT2D eigenvalue weighted by atomic mass is 10.1. The van der Waals surface area contributed by atoms with Gasteiger partial charge < -0.3 is 5.73 Å². The summed E-state index contributed by atoms with van der Waals surface area (Å²) in [4.78, 5) is 4.31. The monoisotopic (exact) mass is 282 g/mol. The largest absolute Gasteiger partial charge is 0.369 e. The minimum atomic E-state index is 0.341. The van der Waals surface area contributed by atoms with Crippen molar-refractivity contribution in [3.05, 3.63) is 52.5 Å². The van der Waals surface area contributed by atoms with Crippen LogP contribution < -0.4 is 5.73 Å². The van der Waals surface area contributed by atoms with Gasteiger partial charge in [0.25, 0.3) is 0 Å². The lowest BCUT2D eigenvalue weighted by Crippen LogP contribution is -2.02. The maximum absolute atomic E-state index is 9.14. The minimum absolute atomic E-state index is 0.341. The van der Waals surface area contributed by atoms with E-state index in [0.29, 0.717) is 22.1 Å². The molecule has 4 nitrogen and oxygen atoms in total. The Morgan fingerprint density at radius 1 is 1.30 bits per heavy atom. The Morgan fingerprint density at radius 2 is 2.10 bits per heavy atom. The van der Waals surface area contributed by atoms with Gasteiger partial charge in [-0.25, -0.2) is 4.98 Å². The molecule has 0 fully saturated rings. The molecule has 3 rings (SSSR count). The number of benzene rings is 2. The SMILES string of the molecule is Cc1ccc(Cl)cc1-n1c(N)nc2c(C#N)cccc21. The van der Waals surface area contributed by atoms with Crippen LogP contribution in [0.2, 0.25) is 5.02 Å². The molecule has 0 bridgehead atoms. The molecule has 0 unspecified atom stereocenters. The number of nitrogens with two attached hydrogens (primary N) is 1. The van der Waals surface area contributed by atoms with E-state index >= 15 is 0 Å². The molecule has 5 heteroatoms. The molecule has 2 N–H and O–H groups in total. The van der Waals surface area contributed by atoms with Crippen LogP contribution in [-0.4, -0.2) is 9.55 Å². The van der Waals surface area contributed by atoms with E-state index in [1.165, 1.54) is 0 Å². The highest BCUT2D eigenvalue weighted by Crippen LogP contribution is 2.28. The molecule has 0 aliphatic carbocycles. The molecule has 0 amide bonds. The second kappa shape index (κ2) is 4.55. The summed E-state index contributed by atoms with van der Waals surface area (Å²) in [5, 5.41) is 9.77. The zero-order chi connectivity index (χ0) is 14.3. The fraction of sp³-hybridized carbons (Fsp3) is 0.0667. The third kappa shape index (κ3) is 1.80. The smallest absolute Gasteiger partial charge is 0.205 e. The summed E-state index contributed by atoms with van der Waals surface area (Å²) in [6, 6.07) is 13.2. The second-order valence-electron chi connectivity index (χ2n) is 4.52. The predicted molar refractivity (Wildman–Crippen MR) is 79.9 cm³/mol. The number of para-hydroxylation sites is 1. The van der Waals surface area contributed by atoms with E-state index in [9.17, 15) is 0 Å². The molecular formula is C15H11ClN4. The van der Waals surface area contributed by atoms with Crippen LogP contribution >= 0.6 is 11.6 Å². The van der Waals surface area contributed by atoms with Crippen molar-refractivity contribution in [1.82, 2.24) is 9.55 Å². The van der Waals surface area contributed by atoms with Gasteiger partial charge in [-0.2, -0.15) is 5.26 Å². The molecule has 1 aromatic heterocycles. The number of hydrogen-bond acceptors (Lipinski definition) is 3. The van der Waals surface area contributed by atoms with E-state index in [1.807, 2.05) is 41.8 Å². The first-order chi connectivity index (χ1) is 9.61. The molecule has 98 valence electrons. The first-order valence-electron chi connectivity index (χ1n) is 6.05. The van der Waals surface area contributed by atoms with Gasteiger partial charge in [-0.1, -0.05) is 23.7 Å². The lowest BCUT2D eigenvalue weighted by molar-refractivity contribution is 1.09. The highest BCUT2D eigenvalue weighted by atomic mass is 35.5. The number of rotatable bonds is 1. The topological polar surface area (TPSA) is 67.6 Å². The van der Waals surface area contributed by atoms with Gasteiger partial charge in [-0.15, -0.1) is 0 Å². The first-order valence-corrected chi connectivity index (χ1v) is 6.43. The number of nitrogens with zero attached hydrogens (tertiary/aromatic N) is 3. The number of imidazole rings is 1. The van der Waals surface area contributed by atoms with Gasteiger partial charge in [0.1, 0.15) is 11.6 Å². The number of anilines is 1. The van der Waals surface area contributed by atoms with Crippen LogP contribution in [0.4, 0.5) is 5.95 Å². The minimum Gasteiger partial charge on any atom is -0.369 e. The summed E-state index contributed by atoms with van der Waals surface area (Å²) in [5.41, 5.74) is 9.83. The highest BCUT2D eigenvalue weighted by molar-refractivity contribution is 6.30. The number of halogens is 1. The fourth-order valence-electron chi connectivity index (χ4n) is 2.28. The van der Waals surface area contributed by atoms with Crippen LogP contribution in [0, 0.1) is 18.3 Å². The summed E-state index contributed by atoms with van der Waals surface area (Å²) < 4.78 is 1.82. The average molecular weight is 283 g/mol. The first kappa shape index (κ1) is 12.5. The number of nitrogen functional groups attached to an aromatic ring is 1. The highest BCUT2D eigenvalue weighted by Gasteiger charge is 2.14. The standard InChI is InChI=1S/C15H11ClN4/c1-9-5-6-11(16)7-13(9)20-12-4-2-3-10(8-17)14(12)19-15(20)18/h2-7H,1H3,(H2,18,19). The van der Waals surface area contributed by atoms with Gasteiger partial charge in [-0.3, -0.25) is 4.57 Å². The molecule has 0 aliphatic heterocycles. The number of aromatic nitrogens is 2. The summed E-state index contributed by atoms with van der Waals surface area (Å²) in [6.45, 7) is 1.98. The maximum Gasteiger partial charge on any atom is 0.205 e. The zero-order valence-corrected chi connectivity index (χ0v) is 11.5. The van der Waals surface area contributed by atoms with Crippen molar-refractivity contribution in [2.45, 2.75) is 6.92 Å². The van der Waals surface area contributed by atoms with Crippen LogP contribution in [0.5, 0.6) is 0 Å². The Labute approximate surface area is 121 Å². The summed E-state index contributed by atoms with van der Waals surface area (Å²) in [5.74, 6) is 0.341. The third-order valence-electron chi connectivity index (χ3n) is 3.24. The van der Waals surface area contributed by atoms with E-state index in [4.69, 9.17) is 22.6 Å².